The Morgan fingerprint density at radius 3 is 2.50 bits per heavy atom. The summed E-state index contributed by atoms with van der Waals surface area (Å²) in [5.41, 5.74) is -0.729. The summed E-state index contributed by atoms with van der Waals surface area (Å²) in [6, 6.07) is -2.06. The molecule has 0 spiro atoms. The molecule has 6 heteroatoms. The summed E-state index contributed by atoms with van der Waals surface area (Å²) in [5, 5.41) is 0. The first-order valence-corrected chi connectivity index (χ1v) is 6.01. The van der Waals surface area contributed by atoms with Crippen LogP contribution < -0.4 is 0 Å². The second-order valence-electron chi connectivity index (χ2n) is 5.97. The van der Waals surface area contributed by atoms with Crippen molar-refractivity contribution in [2.45, 2.75) is 63.6 Å². The molecular formula is C12H17F2NO3. The molecule has 2 rings (SSSR count). The summed E-state index contributed by atoms with van der Waals surface area (Å²) in [4.78, 5) is 24.3. The molecule has 0 aromatic carbocycles. The zero-order chi connectivity index (χ0) is 13.7. The summed E-state index contributed by atoms with van der Waals surface area (Å²) in [7, 11) is 0. The highest BCUT2D eigenvalue weighted by Crippen LogP contribution is 2.45. The van der Waals surface area contributed by atoms with Gasteiger partial charge in [-0.1, -0.05) is 0 Å². The van der Waals surface area contributed by atoms with Crippen molar-refractivity contribution in [3.63, 3.8) is 0 Å². The van der Waals surface area contributed by atoms with Crippen LogP contribution in [0.4, 0.5) is 13.6 Å². The smallest absolute Gasteiger partial charge is 0.411 e. The highest BCUT2D eigenvalue weighted by Gasteiger charge is 2.59. The molecule has 2 saturated heterocycles. The van der Waals surface area contributed by atoms with E-state index in [0.717, 1.165) is 4.90 Å². The van der Waals surface area contributed by atoms with E-state index in [1.54, 1.807) is 20.8 Å². The van der Waals surface area contributed by atoms with Crippen LogP contribution in [0.3, 0.4) is 0 Å². The second-order valence-corrected chi connectivity index (χ2v) is 5.97. The highest BCUT2D eigenvalue weighted by molar-refractivity contribution is 5.84. The van der Waals surface area contributed by atoms with E-state index in [9.17, 15) is 18.4 Å². The SMILES string of the molecule is CC(C)(C)OC(=O)N1[C@H]2CC(=O)C[C@@H]1C(F)(F)C2. The normalized spacial score (nSPS) is 30.5. The van der Waals surface area contributed by atoms with E-state index in [0.29, 0.717) is 0 Å². The third-order valence-electron chi connectivity index (χ3n) is 3.21. The number of hydrogen-bond donors (Lipinski definition) is 0. The van der Waals surface area contributed by atoms with Gasteiger partial charge in [0.1, 0.15) is 17.4 Å². The van der Waals surface area contributed by atoms with E-state index in [1.165, 1.54) is 0 Å². The maximum absolute atomic E-state index is 13.7. The van der Waals surface area contributed by atoms with Crippen molar-refractivity contribution >= 4 is 11.9 Å². The molecule has 0 aromatic rings. The molecule has 1 amide bonds. The third kappa shape index (κ3) is 2.33. The van der Waals surface area contributed by atoms with Crippen molar-refractivity contribution < 1.29 is 23.1 Å². The van der Waals surface area contributed by atoms with E-state index in [4.69, 9.17) is 4.74 Å². The zero-order valence-corrected chi connectivity index (χ0v) is 10.7. The van der Waals surface area contributed by atoms with E-state index in [2.05, 4.69) is 0 Å². The number of fused-ring (bicyclic) bond motifs is 2. The number of hydrogen-bond acceptors (Lipinski definition) is 3. The molecule has 2 bridgehead atoms. The number of piperidine rings is 1. The Hall–Kier alpha value is -1.20. The average Bonchev–Trinajstić information content (AvgIpc) is 2.28. The molecule has 0 saturated carbocycles. The summed E-state index contributed by atoms with van der Waals surface area (Å²) in [6.07, 6.45) is -1.46. The number of ether oxygens (including phenoxy) is 1. The lowest BCUT2D eigenvalue weighted by atomic mass is 10.0. The van der Waals surface area contributed by atoms with Gasteiger partial charge in [-0.3, -0.25) is 9.69 Å². The quantitative estimate of drug-likeness (QED) is 0.672. The van der Waals surface area contributed by atoms with Crippen LogP contribution in [-0.4, -0.2) is 40.4 Å². The Bertz CT molecular complexity index is 389. The van der Waals surface area contributed by atoms with Gasteiger partial charge < -0.3 is 4.74 Å². The summed E-state index contributed by atoms with van der Waals surface area (Å²) < 4.78 is 32.6. The first kappa shape index (κ1) is 13.2. The molecule has 0 aliphatic carbocycles. The molecule has 0 aromatic heterocycles. The molecule has 2 heterocycles. The molecule has 18 heavy (non-hydrogen) atoms. The lowest BCUT2D eigenvalue weighted by Gasteiger charge is -2.35. The summed E-state index contributed by atoms with van der Waals surface area (Å²) >= 11 is 0. The molecule has 4 nitrogen and oxygen atoms in total. The Morgan fingerprint density at radius 2 is 2.00 bits per heavy atom. The van der Waals surface area contributed by atoms with Gasteiger partial charge in [0.15, 0.2) is 0 Å². The van der Waals surface area contributed by atoms with Crippen LogP contribution in [0.15, 0.2) is 0 Å². The van der Waals surface area contributed by atoms with Crippen LogP contribution in [0.25, 0.3) is 0 Å². The zero-order valence-electron chi connectivity index (χ0n) is 10.7. The Balaban J connectivity index is 2.20. The van der Waals surface area contributed by atoms with Crippen molar-refractivity contribution in [2.24, 2.45) is 0 Å². The molecule has 2 aliphatic heterocycles. The fraction of sp³-hybridized carbons (Fsp3) is 0.833. The minimum atomic E-state index is -2.99. The van der Waals surface area contributed by atoms with Crippen LogP contribution in [0, 0.1) is 0 Å². The van der Waals surface area contributed by atoms with Crippen molar-refractivity contribution in [1.29, 1.82) is 0 Å². The van der Waals surface area contributed by atoms with Gasteiger partial charge in [0, 0.05) is 25.3 Å². The maximum atomic E-state index is 13.7. The molecule has 2 atom stereocenters. The van der Waals surface area contributed by atoms with Crippen LogP contribution in [-0.2, 0) is 9.53 Å². The van der Waals surface area contributed by atoms with Crippen molar-refractivity contribution in [2.75, 3.05) is 0 Å². The third-order valence-corrected chi connectivity index (χ3v) is 3.21. The van der Waals surface area contributed by atoms with Gasteiger partial charge in [0.25, 0.3) is 5.92 Å². The van der Waals surface area contributed by atoms with Gasteiger partial charge in [0.05, 0.1) is 0 Å². The Labute approximate surface area is 104 Å². The van der Waals surface area contributed by atoms with Gasteiger partial charge in [-0.2, -0.15) is 0 Å². The van der Waals surface area contributed by atoms with Gasteiger partial charge >= 0.3 is 6.09 Å². The maximum Gasteiger partial charge on any atom is 0.411 e. The van der Waals surface area contributed by atoms with Crippen LogP contribution in [0.1, 0.15) is 40.0 Å². The first-order valence-electron chi connectivity index (χ1n) is 6.01. The first-order chi connectivity index (χ1) is 8.10. The molecule has 2 aliphatic rings. The predicted molar refractivity (Wildman–Crippen MR) is 59.5 cm³/mol. The average molecular weight is 261 g/mol. The topological polar surface area (TPSA) is 46.6 Å². The Kier molecular flexibility index (Phi) is 2.87. The fourth-order valence-electron chi connectivity index (χ4n) is 2.58. The van der Waals surface area contributed by atoms with Gasteiger partial charge in [-0.05, 0) is 20.8 Å². The monoisotopic (exact) mass is 261 g/mol. The highest BCUT2D eigenvalue weighted by atomic mass is 19.3. The number of alkyl halides is 2. The number of nitrogens with zero attached hydrogens (tertiary/aromatic N) is 1. The number of carbonyl (C=O) groups excluding carboxylic acids is 2. The summed E-state index contributed by atoms with van der Waals surface area (Å²) in [6.45, 7) is 5.04. The molecule has 2 fully saturated rings. The van der Waals surface area contributed by atoms with Crippen molar-refractivity contribution in [3.8, 4) is 0 Å². The minimum Gasteiger partial charge on any atom is -0.444 e. The van der Waals surface area contributed by atoms with E-state index >= 15 is 0 Å². The van der Waals surface area contributed by atoms with Crippen molar-refractivity contribution in [3.05, 3.63) is 0 Å². The number of Topliss-reactive ketones (excluding diaryl/α,β-unsaturated/α-hetero) is 1. The fourth-order valence-corrected chi connectivity index (χ4v) is 2.58. The number of amides is 1. The number of ketones is 1. The lowest BCUT2D eigenvalue weighted by molar-refractivity contribution is -0.126. The van der Waals surface area contributed by atoms with Crippen LogP contribution in [0.5, 0.6) is 0 Å². The van der Waals surface area contributed by atoms with Gasteiger partial charge in [-0.25, -0.2) is 13.6 Å². The molecule has 0 unspecified atom stereocenters. The number of carbonyl (C=O) groups is 2. The molecule has 0 radical (unpaired) electrons. The lowest BCUT2D eigenvalue weighted by Crippen LogP contribution is -2.51. The van der Waals surface area contributed by atoms with E-state index < -0.39 is 36.1 Å². The molecule has 0 N–H and O–H groups in total. The van der Waals surface area contributed by atoms with Gasteiger partial charge in [-0.15, -0.1) is 0 Å². The van der Waals surface area contributed by atoms with Gasteiger partial charge in [0.2, 0.25) is 0 Å². The molecular weight excluding hydrogens is 244 g/mol. The van der Waals surface area contributed by atoms with Crippen LogP contribution >= 0.6 is 0 Å². The van der Waals surface area contributed by atoms with E-state index in [1.807, 2.05) is 0 Å². The number of halogens is 2. The molecule has 102 valence electrons. The minimum absolute atomic E-state index is 0.00529. The van der Waals surface area contributed by atoms with E-state index in [-0.39, 0.29) is 18.6 Å². The Morgan fingerprint density at radius 1 is 1.39 bits per heavy atom. The second kappa shape index (κ2) is 3.90. The standard InChI is InChI=1S/C12H17F2NO3/c1-11(2,3)18-10(17)15-7-4-8(16)5-9(15)12(13,14)6-7/h7,9H,4-6H2,1-3H3/t7-,9+/m0/s1. The van der Waals surface area contributed by atoms with Crippen molar-refractivity contribution in [1.82, 2.24) is 4.90 Å². The largest absolute Gasteiger partial charge is 0.444 e. The van der Waals surface area contributed by atoms with Crippen LogP contribution in [0.2, 0.25) is 0 Å². The number of rotatable bonds is 0. The predicted octanol–water partition coefficient (Wildman–Crippen LogP) is 2.36. The summed E-state index contributed by atoms with van der Waals surface area (Å²) in [5.74, 6) is -3.20.